The van der Waals surface area contributed by atoms with E-state index in [-0.39, 0.29) is 16.0 Å². The second kappa shape index (κ2) is 8.51. The minimum Gasteiger partial charge on any atom is -0.465 e. The lowest BCUT2D eigenvalue weighted by molar-refractivity contribution is 0.0598. The number of rotatable bonds is 6. The van der Waals surface area contributed by atoms with Crippen LogP contribution in [0.2, 0.25) is 5.02 Å². The number of carbonyl (C=O) groups excluding carboxylic acids is 2. The molecule has 0 bridgehead atoms. The van der Waals surface area contributed by atoms with Crippen molar-refractivity contribution in [2.75, 3.05) is 14.2 Å². The molecule has 0 aliphatic heterocycles. The van der Waals surface area contributed by atoms with Crippen molar-refractivity contribution in [2.24, 2.45) is 0 Å². The van der Waals surface area contributed by atoms with Gasteiger partial charge in [0.25, 0.3) is 0 Å². The Kier molecular flexibility index (Phi) is 6.59. The van der Waals surface area contributed by atoms with Crippen LogP contribution in [-0.2, 0) is 19.5 Å². The van der Waals surface area contributed by atoms with E-state index in [2.05, 4.69) is 14.2 Å². The van der Waals surface area contributed by atoms with Gasteiger partial charge < -0.3 is 9.47 Å². The smallest absolute Gasteiger partial charge is 0.337 e. The predicted molar refractivity (Wildman–Crippen MR) is 99.3 cm³/mol. The molecule has 9 heteroatoms. The molecule has 0 radical (unpaired) electrons. The van der Waals surface area contributed by atoms with E-state index in [1.54, 1.807) is 31.2 Å². The van der Waals surface area contributed by atoms with Crippen molar-refractivity contribution in [3.8, 4) is 0 Å². The summed E-state index contributed by atoms with van der Waals surface area (Å²) in [4.78, 5) is 23.4. The Morgan fingerprint density at radius 3 is 1.89 bits per heavy atom. The van der Waals surface area contributed by atoms with Crippen molar-refractivity contribution in [3.05, 3.63) is 64.2 Å². The van der Waals surface area contributed by atoms with Crippen molar-refractivity contribution >= 4 is 33.6 Å². The number of hydrogen-bond acceptors (Lipinski definition) is 6. The molecule has 1 unspecified atom stereocenters. The van der Waals surface area contributed by atoms with Gasteiger partial charge in [0.15, 0.2) is 0 Å². The van der Waals surface area contributed by atoms with Crippen molar-refractivity contribution < 1.29 is 27.5 Å². The molecule has 0 amide bonds. The Labute approximate surface area is 162 Å². The number of methoxy groups -OCH3 is 2. The van der Waals surface area contributed by atoms with Crippen LogP contribution in [0.25, 0.3) is 0 Å². The normalized spacial score (nSPS) is 12.3. The van der Waals surface area contributed by atoms with E-state index < -0.39 is 28.0 Å². The Balaban J connectivity index is 2.42. The average molecular weight is 412 g/mol. The first-order valence-corrected chi connectivity index (χ1v) is 9.63. The van der Waals surface area contributed by atoms with Crippen LogP contribution in [0.3, 0.4) is 0 Å². The molecule has 2 rings (SSSR count). The summed E-state index contributed by atoms with van der Waals surface area (Å²) in [5.74, 6) is -1.55. The molecule has 0 saturated heterocycles. The number of esters is 2. The molecule has 0 aromatic heterocycles. The third kappa shape index (κ3) is 5.06. The summed E-state index contributed by atoms with van der Waals surface area (Å²) >= 11 is 5.84. The molecule has 0 aliphatic rings. The number of sulfonamides is 1. The molecule has 0 heterocycles. The molecule has 27 heavy (non-hydrogen) atoms. The average Bonchev–Trinajstić information content (AvgIpc) is 2.66. The summed E-state index contributed by atoms with van der Waals surface area (Å²) < 4.78 is 37.3. The lowest BCUT2D eigenvalue weighted by atomic mass is 10.1. The summed E-state index contributed by atoms with van der Waals surface area (Å²) in [7, 11) is -1.73. The number of halogens is 1. The zero-order valence-electron chi connectivity index (χ0n) is 14.9. The van der Waals surface area contributed by atoms with Crippen LogP contribution in [0, 0.1) is 0 Å². The number of benzene rings is 2. The van der Waals surface area contributed by atoms with E-state index in [4.69, 9.17) is 11.6 Å². The van der Waals surface area contributed by atoms with Crippen molar-refractivity contribution in [3.63, 3.8) is 0 Å². The second-order valence-corrected chi connectivity index (χ2v) is 7.77. The lowest BCUT2D eigenvalue weighted by Crippen LogP contribution is -2.27. The number of nitrogens with one attached hydrogen (secondary N) is 1. The molecule has 0 spiro atoms. The summed E-state index contributed by atoms with van der Waals surface area (Å²) in [5.41, 5.74) is 0.528. The molecular formula is C18H18ClNO6S. The van der Waals surface area contributed by atoms with Crippen LogP contribution in [0.15, 0.2) is 47.4 Å². The molecule has 144 valence electrons. The highest BCUT2D eigenvalue weighted by molar-refractivity contribution is 7.89. The van der Waals surface area contributed by atoms with Gasteiger partial charge in [-0.1, -0.05) is 23.7 Å². The molecule has 0 saturated carbocycles. The van der Waals surface area contributed by atoms with E-state index in [1.807, 2.05) is 0 Å². The second-order valence-electron chi connectivity index (χ2n) is 5.62. The monoisotopic (exact) mass is 411 g/mol. The van der Waals surface area contributed by atoms with Gasteiger partial charge in [-0.25, -0.2) is 22.7 Å². The van der Waals surface area contributed by atoms with E-state index in [9.17, 15) is 18.0 Å². The summed E-state index contributed by atoms with van der Waals surface area (Å²) in [6.07, 6.45) is 0. The van der Waals surface area contributed by atoms with Crippen LogP contribution in [-0.4, -0.2) is 34.6 Å². The zero-order chi connectivity index (χ0) is 20.2. The summed E-state index contributed by atoms with van der Waals surface area (Å²) in [5, 5.41) is 0.530. The van der Waals surface area contributed by atoms with E-state index >= 15 is 0 Å². The minimum atomic E-state index is -4.04. The van der Waals surface area contributed by atoms with Crippen molar-refractivity contribution in [1.29, 1.82) is 0 Å². The van der Waals surface area contributed by atoms with Gasteiger partial charge in [-0.15, -0.1) is 0 Å². The standard InChI is InChI=1S/C18H18ClNO6S/c1-11(12-4-6-15(19)7-5-12)20-27(23,24)16-9-13(17(21)25-2)8-14(10-16)18(22)26-3/h4-11,20H,1-3H3. The highest BCUT2D eigenvalue weighted by Crippen LogP contribution is 2.21. The Morgan fingerprint density at radius 1 is 0.963 bits per heavy atom. The molecule has 1 N–H and O–H groups in total. The zero-order valence-corrected chi connectivity index (χ0v) is 16.4. The third-order valence-corrected chi connectivity index (χ3v) is 5.53. The van der Waals surface area contributed by atoms with Gasteiger partial charge in [-0.2, -0.15) is 0 Å². The quantitative estimate of drug-likeness (QED) is 0.734. The van der Waals surface area contributed by atoms with Gasteiger partial charge in [0, 0.05) is 11.1 Å². The van der Waals surface area contributed by atoms with E-state index in [1.165, 1.54) is 6.07 Å². The van der Waals surface area contributed by atoms with Gasteiger partial charge in [0.2, 0.25) is 10.0 Å². The largest absolute Gasteiger partial charge is 0.465 e. The first-order chi connectivity index (χ1) is 12.7. The fourth-order valence-electron chi connectivity index (χ4n) is 2.35. The van der Waals surface area contributed by atoms with Gasteiger partial charge in [-0.3, -0.25) is 0 Å². The maximum Gasteiger partial charge on any atom is 0.337 e. The van der Waals surface area contributed by atoms with Crippen LogP contribution in [0.4, 0.5) is 0 Å². The molecular weight excluding hydrogens is 394 g/mol. The molecule has 7 nitrogen and oxygen atoms in total. The maximum absolute atomic E-state index is 12.8. The fraction of sp³-hybridized carbons (Fsp3) is 0.222. The Bertz CT molecular complexity index is 922. The number of hydrogen-bond donors (Lipinski definition) is 1. The van der Waals surface area contributed by atoms with Crippen LogP contribution < -0.4 is 4.72 Å². The van der Waals surface area contributed by atoms with Gasteiger partial charge in [0.1, 0.15) is 0 Å². The van der Waals surface area contributed by atoms with Crippen LogP contribution in [0.1, 0.15) is 39.2 Å². The Hall–Kier alpha value is -2.42. The third-order valence-electron chi connectivity index (χ3n) is 3.76. The van der Waals surface area contributed by atoms with Crippen LogP contribution >= 0.6 is 11.6 Å². The van der Waals surface area contributed by atoms with Crippen molar-refractivity contribution in [2.45, 2.75) is 17.9 Å². The molecule has 0 aliphatic carbocycles. The first kappa shape index (κ1) is 20.9. The van der Waals surface area contributed by atoms with E-state index in [0.29, 0.717) is 10.6 Å². The van der Waals surface area contributed by atoms with Crippen molar-refractivity contribution in [1.82, 2.24) is 4.72 Å². The fourth-order valence-corrected chi connectivity index (χ4v) is 3.77. The van der Waals surface area contributed by atoms with E-state index in [0.717, 1.165) is 26.4 Å². The van der Waals surface area contributed by atoms with Crippen LogP contribution in [0.5, 0.6) is 0 Å². The topological polar surface area (TPSA) is 98.8 Å². The highest BCUT2D eigenvalue weighted by Gasteiger charge is 2.23. The summed E-state index contributed by atoms with van der Waals surface area (Å²) in [6.45, 7) is 1.66. The predicted octanol–water partition coefficient (Wildman–Crippen LogP) is 2.95. The van der Waals surface area contributed by atoms with Gasteiger partial charge in [-0.05, 0) is 42.8 Å². The molecule has 1 atom stereocenters. The Morgan fingerprint density at radius 2 is 1.44 bits per heavy atom. The molecule has 2 aromatic carbocycles. The van der Waals surface area contributed by atoms with Gasteiger partial charge in [0.05, 0.1) is 30.2 Å². The summed E-state index contributed by atoms with van der Waals surface area (Å²) in [6, 6.07) is 9.59. The highest BCUT2D eigenvalue weighted by atomic mass is 35.5. The molecule has 0 fully saturated rings. The number of ether oxygens (including phenoxy) is 2. The minimum absolute atomic E-state index is 0.0834. The SMILES string of the molecule is COC(=O)c1cc(C(=O)OC)cc(S(=O)(=O)NC(C)c2ccc(Cl)cc2)c1. The van der Waals surface area contributed by atoms with Gasteiger partial charge >= 0.3 is 11.9 Å². The number of carbonyl (C=O) groups is 2. The first-order valence-electron chi connectivity index (χ1n) is 7.77. The lowest BCUT2D eigenvalue weighted by Gasteiger charge is -2.16. The maximum atomic E-state index is 12.8. The molecule has 2 aromatic rings.